The highest BCUT2D eigenvalue weighted by Gasteiger charge is 2.34. The van der Waals surface area contributed by atoms with Gasteiger partial charge in [0.25, 0.3) is 5.91 Å². The zero-order chi connectivity index (χ0) is 24.2. The number of rotatable bonds is 6. The maximum Gasteiger partial charge on any atom is 0.418 e. The number of carbonyl (C=O) groups is 2. The molecule has 0 heterocycles. The van der Waals surface area contributed by atoms with Crippen molar-refractivity contribution in [2.45, 2.75) is 30.2 Å². The van der Waals surface area contributed by atoms with E-state index in [0.29, 0.717) is 11.3 Å². The number of anilines is 2. The van der Waals surface area contributed by atoms with Crippen molar-refractivity contribution >= 4 is 46.6 Å². The van der Waals surface area contributed by atoms with Gasteiger partial charge in [0.05, 0.1) is 16.5 Å². The van der Waals surface area contributed by atoms with Crippen molar-refractivity contribution in [1.82, 2.24) is 0 Å². The first kappa shape index (κ1) is 24.7. The van der Waals surface area contributed by atoms with Crippen LogP contribution < -0.4 is 10.6 Å². The molecule has 3 aromatic rings. The minimum Gasteiger partial charge on any atom is -0.325 e. The minimum absolute atomic E-state index is 0.0719. The molecule has 0 saturated heterocycles. The monoisotopic (exact) mass is 492 g/mol. The van der Waals surface area contributed by atoms with Crippen LogP contribution in [0.15, 0.2) is 71.6 Å². The van der Waals surface area contributed by atoms with Gasteiger partial charge in [0, 0.05) is 21.2 Å². The molecule has 1 unspecified atom stereocenters. The summed E-state index contributed by atoms with van der Waals surface area (Å²) in [7, 11) is 0. The first-order valence-electron chi connectivity index (χ1n) is 9.85. The molecular formula is C24H20ClF3N2O2S. The van der Waals surface area contributed by atoms with Crippen molar-refractivity contribution in [2.24, 2.45) is 0 Å². The molecular weight excluding hydrogens is 473 g/mol. The molecule has 9 heteroatoms. The van der Waals surface area contributed by atoms with Crippen LogP contribution >= 0.6 is 23.4 Å². The van der Waals surface area contributed by atoms with Gasteiger partial charge in [-0.15, -0.1) is 11.8 Å². The molecule has 2 amide bonds. The van der Waals surface area contributed by atoms with Gasteiger partial charge in [-0.25, -0.2) is 0 Å². The SMILES string of the molecule is Cc1cccc(C(=O)Nc2ccc(SC(C)C(=O)Nc3ccc(Cl)cc3C(F)(F)F)cc2)c1. The van der Waals surface area contributed by atoms with Crippen LogP contribution in [0.3, 0.4) is 0 Å². The second-order valence-corrected chi connectivity index (χ2v) is 9.14. The van der Waals surface area contributed by atoms with Gasteiger partial charge < -0.3 is 10.6 Å². The third-order valence-corrected chi connectivity index (χ3v) is 5.97. The summed E-state index contributed by atoms with van der Waals surface area (Å²) in [5.74, 6) is -0.820. The number of amides is 2. The quantitative estimate of drug-likeness (QED) is 0.363. The molecule has 1 atom stereocenters. The summed E-state index contributed by atoms with van der Waals surface area (Å²) in [5, 5.41) is 4.39. The number of benzene rings is 3. The van der Waals surface area contributed by atoms with E-state index < -0.39 is 22.9 Å². The number of hydrogen-bond donors (Lipinski definition) is 2. The predicted molar refractivity (Wildman–Crippen MR) is 126 cm³/mol. The van der Waals surface area contributed by atoms with E-state index >= 15 is 0 Å². The van der Waals surface area contributed by atoms with Gasteiger partial charge in [-0.3, -0.25) is 9.59 Å². The van der Waals surface area contributed by atoms with Crippen LogP contribution in [0.1, 0.15) is 28.4 Å². The molecule has 0 saturated carbocycles. The largest absolute Gasteiger partial charge is 0.418 e. The fourth-order valence-electron chi connectivity index (χ4n) is 2.96. The second-order valence-electron chi connectivity index (χ2n) is 7.28. The molecule has 3 aromatic carbocycles. The van der Waals surface area contributed by atoms with Crippen molar-refractivity contribution in [3.05, 3.63) is 88.4 Å². The van der Waals surface area contributed by atoms with Gasteiger partial charge in [-0.2, -0.15) is 13.2 Å². The first-order valence-corrected chi connectivity index (χ1v) is 11.1. The number of hydrogen-bond acceptors (Lipinski definition) is 3. The third kappa shape index (κ3) is 6.76. The molecule has 33 heavy (non-hydrogen) atoms. The highest BCUT2D eigenvalue weighted by atomic mass is 35.5. The summed E-state index contributed by atoms with van der Waals surface area (Å²) in [6.45, 7) is 3.49. The fraction of sp³-hybridized carbons (Fsp3) is 0.167. The number of aryl methyl sites for hydroxylation is 1. The molecule has 172 valence electrons. The predicted octanol–water partition coefficient (Wildman–Crippen LogP) is 7.04. The Bertz CT molecular complexity index is 1170. The minimum atomic E-state index is -4.65. The maximum absolute atomic E-state index is 13.2. The summed E-state index contributed by atoms with van der Waals surface area (Å²) in [4.78, 5) is 25.6. The van der Waals surface area contributed by atoms with Crippen LogP contribution in [-0.4, -0.2) is 17.1 Å². The maximum atomic E-state index is 13.2. The van der Waals surface area contributed by atoms with Gasteiger partial charge in [0.15, 0.2) is 0 Å². The Morgan fingerprint density at radius 3 is 2.30 bits per heavy atom. The Balaban J connectivity index is 1.62. The number of alkyl halides is 3. The highest BCUT2D eigenvalue weighted by Crippen LogP contribution is 2.37. The van der Waals surface area contributed by atoms with Crippen LogP contribution in [0.4, 0.5) is 24.5 Å². The number of thioether (sulfide) groups is 1. The zero-order valence-electron chi connectivity index (χ0n) is 17.7. The topological polar surface area (TPSA) is 58.2 Å². The lowest BCUT2D eigenvalue weighted by Crippen LogP contribution is -2.24. The summed E-state index contributed by atoms with van der Waals surface area (Å²) in [5.41, 5.74) is 0.744. The Morgan fingerprint density at radius 2 is 1.67 bits per heavy atom. The fourth-order valence-corrected chi connectivity index (χ4v) is 4.00. The Kier molecular flexibility index (Phi) is 7.71. The van der Waals surface area contributed by atoms with Gasteiger partial charge in [0.1, 0.15) is 0 Å². The van der Waals surface area contributed by atoms with Crippen LogP contribution in [0.2, 0.25) is 5.02 Å². The van der Waals surface area contributed by atoms with Crippen molar-refractivity contribution in [3.63, 3.8) is 0 Å². The van der Waals surface area contributed by atoms with Gasteiger partial charge in [0.2, 0.25) is 5.91 Å². The van der Waals surface area contributed by atoms with Crippen molar-refractivity contribution in [3.8, 4) is 0 Å². The van der Waals surface area contributed by atoms with Crippen molar-refractivity contribution in [1.29, 1.82) is 0 Å². The molecule has 0 radical (unpaired) electrons. The van der Waals surface area contributed by atoms with Crippen LogP contribution in [0, 0.1) is 6.92 Å². The lowest BCUT2D eigenvalue weighted by molar-refractivity contribution is -0.137. The van der Waals surface area contributed by atoms with Crippen LogP contribution in [0.25, 0.3) is 0 Å². The zero-order valence-corrected chi connectivity index (χ0v) is 19.2. The standard InChI is InChI=1S/C24H20ClF3N2O2S/c1-14-4-3-5-16(12-14)23(32)29-18-7-9-19(10-8-18)33-15(2)22(31)30-21-11-6-17(25)13-20(21)24(26,27)28/h3-13,15H,1-2H3,(H,29,32)(H,30,31). The lowest BCUT2D eigenvalue weighted by atomic mass is 10.1. The van der Waals surface area contributed by atoms with E-state index in [1.807, 2.05) is 13.0 Å². The number of carbonyl (C=O) groups excluding carboxylic acids is 2. The van der Waals surface area contributed by atoms with E-state index in [-0.39, 0.29) is 16.6 Å². The molecule has 0 aliphatic carbocycles. The molecule has 4 nitrogen and oxygen atoms in total. The molecule has 0 aromatic heterocycles. The first-order chi connectivity index (χ1) is 15.5. The molecule has 3 rings (SSSR count). The van der Waals surface area contributed by atoms with E-state index in [1.54, 1.807) is 49.4 Å². The van der Waals surface area contributed by atoms with E-state index in [0.717, 1.165) is 22.6 Å². The summed E-state index contributed by atoms with van der Waals surface area (Å²) >= 11 is 6.85. The number of nitrogens with one attached hydrogen (secondary N) is 2. The van der Waals surface area contributed by atoms with Crippen LogP contribution in [0.5, 0.6) is 0 Å². The average molecular weight is 493 g/mol. The Morgan fingerprint density at radius 1 is 0.970 bits per heavy atom. The number of halogens is 4. The summed E-state index contributed by atoms with van der Waals surface area (Å²) in [6.07, 6.45) is -4.65. The van der Waals surface area contributed by atoms with E-state index in [1.165, 1.54) is 17.8 Å². The second kappa shape index (κ2) is 10.3. The van der Waals surface area contributed by atoms with Gasteiger partial charge in [-0.1, -0.05) is 29.3 Å². The van der Waals surface area contributed by atoms with E-state index in [9.17, 15) is 22.8 Å². The smallest absolute Gasteiger partial charge is 0.325 e. The van der Waals surface area contributed by atoms with Crippen molar-refractivity contribution < 1.29 is 22.8 Å². The average Bonchev–Trinajstić information content (AvgIpc) is 2.75. The summed E-state index contributed by atoms with van der Waals surface area (Å²) < 4.78 is 39.7. The molecule has 0 aliphatic heterocycles. The Labute approximate surface area is 198 Å². The van der Waals surface area contributed by atoms with Crippen molar-refractivity contribution in [2.75, 3.05) is 10.6 Å². The lowest BCUT2D eigenvalue weighted by Gasteiger charge is -2.17. The van der Waals surface area contributed by atoms with E-state index in [2.05, 4.69) is 10.6 Å². The van der Waals surface area contributed by atoms with Crippen LogP contribution in [-0.2, 0) is 11.0 Å². The van der Waals surface area contributed by atoms with Gasteiger partial charge in [-0.05, 0) is 68.4 Å². The Hall–Kier alpha value is -2.97. The molecule has 0 spiro atoms. The highest BCUT2D eigenvalue weighted by molar-refractivity contribution is 8.00. The summed E-state index contributed by atoms with van der Waals surface area (Å²) in [6, 6.07) is 17.2. The molecule has 0 fully saturated rings. The normalized spacial score (nSPS) is 12.2. The van der Waals surface area contributed by atoms with E-state index in [4.69, 9.17) is 11.6 Å². The van der Waals surface area contributed by atoms with Gasteiger partial charge >= 0.3 is 6.18 Å². The molecule has 0 bridgehead atoms. The molecule has 2 N–H and O–H groups in total. The third-order valence-electron chi connectivity index (χ3n) is 4.62. The molecule has 0 aliphatic rings.